The number of carboxylic acids is 3. The van der Waals surface area contributed by atoms with Crippen molar-refractivity contribution in [2.24, 2.45) is 11.5 Å². The molecule has 0 heterocycles. The molecule has 1 unspecified atom stereocenters. The standard InChI is InChI=1S/C4H8N2O3.2C2H4O2/c5-2(4(8)9)1-3(6)7;2*1-2(3)4/h2H,1,5H2,(H2,6,7)(H,8,9);2*1H3,(H,3,4). The van der Waals surface area contributed by atoms with E-state index in [4.69, 9.17) is 30.6 Å². The summed E-state index contributed by atoms with van der Waals surface area (Å²) < 4.78 is 0. The summed E-state index contributed by atoms with van der Waals surface area (Å²) in [5.74, 6) is -3.58. The maximum absolute atomic E-state index is 9.99. The molecule has 0 saturated carbocycles. The van der Waals surface area contributed by atoms with Crippen LogP contribution in [-0.2, 0) is 19.2 Å². The highest BCUT2D eigenvalue weighted by molar-refractivity contribution is 5.83. The maximum Gasteiger partial charge on any atom is 0.321 e. The molecule has 0 spiro atoms. The first kappa shape index (κ1) is 20.3. The second-order valence-corrected chi connectivity index (χ2v) is 2.65. The van der Waals surface area contributed by atoms with E-state index in [1.807, 2.05) is 0 Å². The van der Waals surface area contributed by atoms with Gasteiger partial charge in [0.1, 0.15) is 6.04 Å². The van der Waals surface area contributed by atoms with Crippen molar-refractivity contribution in [3.05, 3.63) is 0 Å². The van der Waals surface area contributed by atoms with E-state index in [0.717, 1.165) is 13.8 Å². The van der Waals surface area contributed by atoms with Gasteiger partial charge in [-0.05, 0) is 0 Å². The van der Waals surface area contributed by atoms with Gasteiger partial charge in [-0.15, -0.1) is 0 Å². The van der Waals surface area contributed by atoms with Crippen molar-refractivity contribution < 1.29 is 34.5 Å². The van der Waals surface area contributed by atoms with Gasteiger partial charge in [0.15, 0.2) is 0 Å². The molecule has 0 fully saturated rings. The Labute approximate surface area is 97.0 Å². The summed E-state index contributed by atoms with van der Waals surface area (Å²) in [6.45, 7) is 2.17. The van der Waals surface area contributed by atoms with Crippen LogP contribution in [0.1, 0.15) is 20.3 Å². The van der Waals surface area contributed by atoms with E-state index in [2.05, 4.69) is 5.73 Å². The summed E-state index contributed by atoms with van der Waals surface area (Å²) in [4.78, 5) is 37.9. The Morgan fingerprint density at radius 1 is 1.00 bits per heavy atom. The second-order valence-electron chi connectivity index (χ2n) is 2.65. The molecule has 0 aliphatic carbocycles. The number of rotatable bonds is 3. The molecular formula is C8H16N2O7. The molecule has 0 rings (SSSR count). The molecule has 9 nitrogen and oxygen atoms in total. The van der Waals surface area contributed by atoms with Crippen LogP contribution in [0, 0.1) is 0 Å². The van der Waals surface area contributed by atoms with E-state index in [0.29, 0.717) is 0 Å². The normalized spacial score (nSPS) is 9.59. The molecule has 0 aliphatic rings. The molecule has 9 heteroatoms. The van der Waals surface area contributed by atoms with Crippen LogP contribution in [0.25, 0.3) is 0 Å². The van der Waals surface area contributed by atoms with Crippen molar-refractivity contribution >= 4 is 23.8 Å². The quantitative estimate of drug-likeness (QED) is 0.400. The van der Waals surface area contributed by atoms with E-state index in [1.54, 1.807) is 0 Å². The molecule has 0 aromatic carbocycles. The molecule has 1 amide bonds. The number of nitrogens with two attached hydrogens (primary N) is 2. The average Bonchev–Trinajstić information content (AvgIpc) is 1.99. The largest absolute Gasteiger partial charge is 0.481 e. The summed E-state index contributed by atoms with van der Waals surface area (Å²) in [6.07, 6.45) is -0.310. The molecule has 100 valence electrons. The molecule has 1 atom stereocenters. The molecule has 0 radical (unpaired) electrons. The fourth-order valence-corrected chi connectivity index (χ4v) is 0.304. The van der Waals surface area contributed by atoms with Crippen molar-refractivity contribution in [2.75, 3.05) is 0 Å². The number of hydrogen-bond donors (Lipinski definition) is 5. The zero-order chi connectivity index (χ0) is 14.6. The van der Waals surface area contributed by atoms with Crippen LogP contribution in [0.15, 0.2) is 0 Å². The highest BCUT2D eigenvalue weighted by Gasteiger charge is 2.13. The van der Waals surface area contributed by atoms with Gasteiger partial charge < -0.3 is 26.8 Å². The highest BCUT2D eigenvalue weighted by Crippen LogP contribution is 1.84. The monoisotopic (exact) mass is 252 g/mol. The van der Waals surface area contributed by atoms with Gasteiger partial charge in [0, 0.05) is 13.8 Å². The van der Waals surface area contributed by atoms with Gasteiger partial charge in [0.05, 0.1) is 6.42 Å². The first-order chi connectivity index (χ1) is 7.50. The van der Waals surface area contributed by atoms with Crippen molar-refractivity contribution in [3.63, 3.8) is 0 Å². The van der Waals surface area contributed by atoms with E-state index in [-0.39, 0.29) is 6.42 Å². The summed E-state index contributed by atoms with van der Waals surface area (Å²) in [5, 5.41) is 22.9. The lowest BCUT2D eigenvalue weighted by molar-refractivity contribution is -0.140. The molecular weight excluding hydrogens is 236 g/mol. The SMILES string of the molecule is CC(=O)O.CC(=O)O.NC(=O)CC(N)C(=O)O. The highest BCUT2D eigenvalue weighted by atomic mass is 16.4. The minimum atomic E-state index is -1.21. The first-order valence-electron chi connectivity index (χ1n) is 4.16. The van der Waals surface area contributed by atoms with Crippen molar-refractivity contribution in [1.82, 2.24) is 0 Å². The third-order valence-corrected chi connectivity index (χ3v) is 0.738. The summed E-state index contributed by atoms with van der Waals surface area (Å²) in [6, 6.07) is -1.16. The van der Waals surface area contributed by atoms with Crippen LogP contribution in [-0.4, -0.2) is 45.2 Å². The molecule has 0 aromatic heterocycles. The van der Waals surface area contributed by atoms with Gasteiger partial charge in [-0.25, -0.2) is 0 Å². The van der Waals surface area contributed by atoms with Crippen LogP contribution in [0.5, 0.6) is 0 Å². The van der Waals surface area contributed by atoms with E-state index in [9.17, 15) is 9.59 Å². The summed E-state index contributed by atoms with van der Waals surface area (Å²) in [5.41, 5.74) is 9.57. The molecule has 0 saturated heterocycles. The lowest BCUT2D eigenvalue weighted by atomic mass is 10.2. The van der Waals surface area contributed by atoms with Gasteiger partial charge in [-0.3, -0.25) is 19.2 Å². The number of primary amides is 1. The lowest BCUT2D eigenvalue weighted by Gasteiger charge is -1.99. The van der Waals surface area contributed by atoms with Crippen LogP contribution in [0.4, 0.5) is 0 Å². The predicted octanol–water partition coefficient (Wildman–Crippen LogP) is -1.54. The predicted molar refractivity (Wildman–Crippen MR) is 56.0 cm³/mol. The van der Waals surface area contributed by atoms with Gasteiger partial charge >= 0.3 is 5.97 Å². The molecule has 17 heavy (non-hydrogen) atoms. The van der Waals surface area contributed by atoms with E-state index < -0.39 is 29.9 Å². The van der Waals surface area contributed by atoms with Crippen molar-refractivity contribution in [1.29, 1.82) is 0 Å². The van der Waals surface area contributed by atoms with Crippen LogP contribution >= 0.6 is 0 Å². The van der Waals surface area contributed by atoms with Gasteiger partial charge in [-0.2, -0.15) is 0 Å². The minimum absolute atomic E-state index is 0.310. The van der Waals surface area contributed by atoms with Crippen molar-refractivity contribution in [3.8, 4) is 0 Å². The maximum atomic E-state index is 9.99. The Morgan fingerprint density at radius 3 is 1.29 bits per heavy atom. The second kappa shape index (κ2) is 11.9. The summed E-state index contributed by atoms with van der Waals surface area (Å²) >= 11 is 0. The lowest BCUT2D eigenvalue weighted by Crippen LogP contribution is -2.34. The Balaban J connectivity index is -0.000000205. The van der Waals surface area contributed by atoms with Gasteiger partial charge in [0.25, 0.3) is 11.9 Å². The number of amides is 1. The Hall–Kier alpha value is -2.16. The third kappa shape index (κ3) is 56.9. The van der Waals surface area contributed by atoms with Crippen LogP contribution in [0.3, 0.4) is 0 Å². The third-order valence-electron chi connectivity index (χ3n) is 0.738. The molecule has 0 aromatic rings. The Bertz CT molecular complexity index is 257. The Kier molecular flexibility index (Phi) is 14.2. The molecule has 0 aliphatic heterocycles. The molecule has 7 N–H and O–H groups in total. The molecule has 0 bridgehead atoms. The zero-order valence-electron chi connectivity index (χ0n) is 9.41. The van der Waals surface area contributed by atoms with Crippen LogP contribution in [0.2, 0.25) is 0 Å². The first-order valence-corrected chi connectivity index (χ1v) is 4.16. The number of aliphatic carboxylic acids is 3. The Morgan fingerprint density at radius 2 is 1.24 bits per heavy atom. The van der Waals surface area contributed by atoms with Gasteiger partial charge in [-0.1, -0.05) is 0 Å². The average molecular weight is 252 g/mol. The number of carbonyl (C=O) groups excluding carboxylic acids is 1. The topological polar surface area (TPSA) is 181 Å². The zero-order valence-corrected chi connectivity index (χ0v) is 9.41. The van der Waals surface area contributed by atoms with Gasteiger partial charge in [0.2, 0.25) is 5.91 Å². The smallest absolute Gasteiger partial charge is 0.321 e. The fourth-order valence-electron chi connectivity index (χ4n) is 0.304. The number of carboxylic acid groups (broad SMARTS) is 3. The number of carbonyl (C=O) groups is 4. The van der Waals surface area contributed by atoms with E-state index in [1.165, 1.54) is 0 Å². The minimum Gasteiger partial charge on any atom is -0.481 e. The fraction of sp³-hybridized carbons (Fsp3) is 0.500. The van der Waals surface area contributed by atoms with Crippen molar-refractivity contribution in [2.45, 2.75) is 26.3 Å². The summed E-state index contributed by atoms with van der Waals surface area (Å²) in [7, 11) is 0. The van der Waals surface area contributed by atoms with Crippen LogP contribution < -0.4 is 11.5 Å². The van der Waals surface area contributed by atoms with E-state index >= 15 is 0 Å². The number of hydrogen-bond acceptors (Lipinski definition) is 5.